The van der Waals surface area contributed by atoms with E-state index in [4.69, 9.17) is 0 Å². The Morgan fingerprint density at radius 2 is 1.96 bits per heavy atom. The van der Waals surface area contributed by atoms with Gasteiger partial charge in [-0.25, -0.2) is 4.98 Å². The molecule has 0 saturated heterocycles. The number of nitrogens with one attached hydrogen (secondary N) is 2. The number of H-pyrrole nitrogens is 1. The van der Waals surface area contributed by atoms with Crippen LogP contribution in [0, 0.1) is 6.92 Å². The van der Waals surface area contributed by atoms with E-state index >= 15 is 0 Å². The molecule has 0 unspecified atom stereocenters. The first-order valence-electron chi connectivity index (χ1n) is 7.29. The molecule has 0 saturated carbocycles. The number of carbonyl (C=O) groups excluding carboxylic acids is 1. The normalized spacial score (nSPS) is 10.6. The molecule has 1 amide bonds. The topological polar surface area (TPSA) is 70.7 Å². The number of nitrogens with zero attached hydrogens (tertiary/aromatic N) is 2. The van der Waals surface area contributed by atoms with Gasteiger partial charge in [0.15, 0.2) is 5.82 Å². The molecule has 0 spiro atoms. The summed E-state index contributed by atoms with van der Waals surface area (Å²) < 4.78 is 0.850. The van der Waals surface area contributed by atoms with Crippen molar-refractivity contribution in [3.05, 3.63) is 58.6 Å². The number of halogens is 1. The Kier molecular flexibility index (Phi) is 5.32. The third-order valence-electron chi connectivity index (χ3n) is 3.35. The molecule has 0 fully saturated rings. The Bertz CT molecular complexity index is 865. The number of para-hydroxylation sites is 1. The minimum Gasteiger partial charge on any atom is -0.324 e. The quantitative estimate of drug-likeness (QED) is 0.624. The van der Waals surface area contributed by atoms with Crippen LogP contribution in [0.2, 0.25) is 0 Å². The van der Waals surface area contributed by atoms with Gasteiger partial charge in [-0.1, -0.05) is 48.2 Å². The molecule has 0 bridgehead atoms. The number of aryl methyl sites for hydroxylation is 1. The zero-order valence-corrected chi connectivity index (χ0v) is 15.3. The lowest BCUT2D eigenvalue weighted by Gasteiger charge is -2.05. The highest BCUT2D eigenvalue weighted by atomic mass is 79.9. The molecule has 0 atom stereocenters. The molecule has 0 aliphatic carbocycles. The molecule has 1 heterocycles. The van der Waals surface area contributed by atoms with Gasteiger partial charge in [0.25, 0.3) is 0 Å². The van der Waals surface area contributed by atoms with E-state index in [1.165, 1.54) is 11.8 Å². The maximum Gasteiger partial charge on any atom is 0.234 e. The Balaban J connectivity index is 1.61. The van der Waals surface area contributed by atoms with Crippen LogP contribution in [-0.2, 0) is 4.79 Å². The Labute approximate surface area is 152 Å². The summed E-state index contributed by atoms with van der Waals surface area (Å²) in [7, 11) is 0. The summed E-state index contributed by atoms with van der Waals surface area (Å²) in [5.41, 5.74) is 2.88. The number of hydrogen-bond acceptors (Lipinski definition) is 4. The second-order valence-corrected chi connectivity index (χ2v) is 6.90. The van der Waals surface area contributed by atoms with Crippen LogP contribution >= 0.6 is 27.7 Å². The number of carbonyl (C=O) groups is 1. The van der Waals surface area contributed by atoms with E-state index in [-0.39, 0.29) is 11.7 Å². The largest absolute Gasteiger partial charge is 0.324 e. The number of amides is 1. The van der Waals surface area contributed by atoms with Crippen LogP contribution < -0.4 is 5.32 Å². The smallest absolute Gasteiger partial charge is 0.234 e. The third kappa shape index (κ3) is 4.04. The third-order valence-corrected chi connectivity index (χ3v) is 4.88. The van der Waals surface area contributed by atoms with Gasteiger partial charge < -0.3 is 5.32 Å². The Morgan fingerprint density at radius 1 is 1.21 bits per heavy atom. The molecular weight excluding hydrogens is 388 g/mol. The van der Waals surface area contributed by atoms with Crippen molar-refractivity contribution in [1.82, 2.24) is 15.2 Å². The van der Waals surface area contributed by atoms with Crippen molar-refractivity contribution in [1.29, 1.82) is 0 Å². The second kappa shape index (κ2) is 7.63. The molecule has 122 valence electrons. The molecule has 1 aromatic heterocycles. The van der Waals surface area contributed by atoms with Gasteiger partial charge >= 0.3 is 0 Å². The fraction of sp³-hybridized carbons (Fsp3) is 0.118. The van der Waals surface area contributed by atoms with Gasteiger partial charge in [0.1, 0.15) is 0 Å². The number of thioether (sulfide) groups is 1. The molecule has 24 heavy (non-hydrogen) atoms. The van der Waals surface area contributed by atoms with Crippen molar-refractivity contribution in [3.63, 3.8) is 0 Å². The average molecular weight is 403 g/mol. The molecule has 0 aliphatic heterocycles. The summed E-state index contributed by atoms with van der Waals surface area (Å²) in [6, 6.07) is 15.5. The van der Waals surface area contributed by atoms with Gasteiger partial charge in [-0.15, -0.1) is 5.10 Å². The zero-order valence-electron chi connectivity index (χ0n) is 12.9. The van der Waals surface area contributed by atoms with Gasteiger partial charge in [0.05, 0.1) is 11.4 Å². The maximum atomic E-state index is 12.1. The van der Waals surface area contributed by atoms with E-state index in [0.29, 0.717) is 11.0 Å². The minimum absolute atomic E-state index is 0.103. The SMILES string of the molecule is Cc1ccccc1-c1nc(SCC(=O)Nc2ccccc2Br)n[nH]1. The number of aromatic nitrogens is 3. The first-order chi connectivity index (χ1) is 11.6. The van der Waals surface area contributed by atoms with Crippen molar-refractivity contribution in [2.45, 2.75) is 12.1 Å². The van der Waals surface area contributed by atoms with Crippen molar-refractivity contribution in [2.75, 3.05) is 11.1 Å². The molecule has 0 aliphatic rings. The van der Waals surface area contributed by atoms with Crippen LogP contribution in [0.25, 0.3) is 11.4 Å². The summed E-state index contributed by atoms with van der Waals surface area (Å²) in [6.07, 6.45) is 0. The monoisotopic (exact) mass is 402 g/mol. The molecule has 2 aromatic carbocycles. The fourth-order valence-electron chi connectivity index (χ4n) is 2.15. The highest BCUT2D eigenvalue weighted by molar-refractivity contribution is 9.10. The van der Waals surface area contributed by atoms with Gasteiger partial charge in [0, 0.05) is 10.0 Å². The predicted molar refractivity (Wildman–Crippen MR) is 100 cm³/mol. The zero-order chi connectivity index (χ0) is 16.9. The summed E-state index contributed by atoms with van der Waals surface area (Å²) in [4.78, 5) is 16.5. The molecular formula is C17H15BrN4OS. The first-order valence-corrected chi connectivity index (χ1v) is 9.07. The molecule has 3 rings (SSSR count). The number of anilines is 1. The predicted octanol–water partition coefficient (Wildman–Crippen LogP) is 4.27. The lowest BCUT2D eigenvalue weighted by molar-refractivity contribution is -0.113. The van der Waals surface area contributed by atoms with Crippen molar-refractivity contribution in [3.8, 4) is 11.4 Å². The number of aromatic amines is 1. The number of hydrogen-bond donors (Lipinski definition) is 2. The summed E-state index contributed by atoms with van der Waals surface area (Å²) in [5, 5.41) is 10.5. The fourth-order valence-corrected chi connectivity index (χ4v) is 3.13. The lowest BCUT2D eigenvalue weighted by atomic mass is 10.1. The van der Waals surface area contributed by atoms with E-state index in [1.807, 2.05) is 55.5 Å². The van der Waals surface area contributed by atoms with Gasteiger partial charge in [0.2, 0.25) is 11.1 Å². The van der Waals surface area contributed by atoms with Gasteiger partial charge in [-0.3, -0.25) is 9.89 Å². The van der Waals surface area contributed by atoms with Crippen molar-refractivity contribution >= 4 is 39.3 Å². The minimum atomic E-state index is -0.103. The Morgan fingerprint density at radius 3 is 2.75 bits per heavy atom. The summed E-state index contributed by atoms with van der Waals surface area (Å²) in [6.45, 7) is 2.02. The highest BCUT2D eigenvalue weighted by Gasteiger charge is 2.11. The van der Waals surface area contributed by atoms with Gasteiger partial charge in [-0.05, 0) is 40.5 Å². The lowest BCUT2D eigenvalue weighted by Crippen LogP contribution is -2.14. The molecule has 7 heteroatoms. The molecule has 5 nitrogen and oxygen atoms in total. The van der Waals surface area contributed by atoms with E-state index in [9.17, 15) is 4.79 Å². The standard InChI is InChI=1S/C17H15BrN4OS/c1-11-6-2-3-7-12(11)16-20-17(22-21-16)24-10-15(23)19-14-9-5-4-8-13(14)18/h2-9H,10H2,1H3,(H,19,23)(H,20,21,22). The summed E-state index contributed by atoms with van der Waals surface area (Å²) >= 11 is 4.70. The van der Waals surface area contributed by atoms with E-state index in [2.05, 4.69) is 36.4 Å². The molecule has 0 radical (unpaired) electrons. The van der Waals surface area contributed by atoms with Gasteiger partial charge in [-0.2, -0.15) is 0 Å². The van der Waals surface area contributed by atoms with Crippen LogP contribution in [0.3, 0.4) is 0 Å². The van der Waals surface area contributed by atoms with Crippen LogP contribution in [0.5, 0.6) is 0 Å². The Hall–Kier alpha value is -2.12. The van der Waals surface area contributed by atoms with Crippen molar-refractivity contribution in [2.24, 2.45) is 0 Å². The number of rotatable bonds is 5. The van der Waals surface area contributed by atoms with Crippen molar-refractivity contribution < 1.29 is 4.79 Å². The maximum absolute atomic E-state index is 12.1. The van der Waals surface area contributed by atoms with E-state index in [1.54, 1.807) is 0 Å². The number of benzene rings is 2. The first kappa shape index (κ1) is 16.7. The molecule has 2 N–H and O–H groups in total. The van der Waals surface area contributed by atoms with E-state index in [0.717, 1.165) is 21.3 Å². The van der Waals surface area contributed by atoms with Crippen LogP contribution in [-0.4, -0.2) is 26.8 Å². The van der Waals surface area contributed by atoms with Crippen LogP contribution in [0.15, 0.2) is 58.2 Å². The van der Waals surface area contributed by atoms with Crippen LogP contribution in [0.1, 0.15) is 5.56 Å². The molecule has 3 aromatic rings. The van der Waals surface area contributed by atoms with Crippen LogP contribution in [0.4, 0.5) is 5.69 Å². The second-order valence-electron chi connectivity index (χ2n) is 5.10. The van der Waals surface area contributed by atoms with E-state index < -0.39 is 0 Å². The average Bonchev–Trinajstić information content (AvgIpc) is 3.04. The summed E-state index contributed by atoms with van der Waals surface area (Å²) in [5.74, 6) is 0.850. The highest BCUT2D eigenvalue weighted by Crippen LogP contribution is 2.23.